The van der Waals surface area contributed by atoms with E-state index >= 15 is 0 Å². The summed E-state index contributed by atoms with van der Waals surface area (Å²) in [5.74, 6) is -0.000380. The summed E-state index contributed by atoms with van der Waals surface area (Å²) in [6.07, 6.45) is 0. The molecule has 2 amide bonds. The highest BCUT2D eigenvalue weighted by Gasteiger charge is 2.09. The number of carbonyl (C=O) groups excluding carboxylic acids is 2. The number of benzene rings is 2. The van der Waals surface area contributed by atoms with Gasteiger partial charge in [-0.2, -0.15) is 0 Å². The van der Waals surface area contributed by atoms with Gasteiger partial charge >= 0.3 is 0 Å². The average molecular weight is 363 g/mol. The number of methoxy groups -OCH3 is 1. The Hall–Kier alpha value is -2.34. The number of primary amides is 1. The van der Waals surface area contributed by atoms with Gasteiger partial charge in [0, 0.05) is 17.7 Å². The van der Waals surface area contributed by atoms with E-state index in [1.807, 2.05) is 0 Å². The Labute approximate surface area is 136 Å². The smallest absolute Gasteiger partial charge is 0.251 e. The Kier molecular flexibility index (Phi) is 5.16. The first-order chi connectivity index (χ1) is 10.5. The summed E-state index contributed by atoms with van der Waals surface area (Å²) >= 11 is 3.34. The van der Waals surface area contributed by atoms with E-state index < -0.39 is 5.91 Å². The van der Waals surface area contributed by atoms with Gasteiger partial charge in [0.1, 0.15) is 5.75 Å². The van der Waals surface area contributed by atoms with Crippen molar-refractivity contribution in [2.75, 3.05) is 7.11 Å². The van der Waals surface area contributed by atoms with Crippen LogP contribution >= 0.6 is 15.9 Å². The zero-order chi connectivity index (χ0) is 16.1. The molecule has 2 aromatic carbocycles. The molecule has 0 fully saturated rings. The van der Waals surface area contributed by atoms with Crippen LogP contribution in [0.3, 0.4) is 0 Å². The summed E-state index contributed by atoms with van der Waals surface area (Å²) < 4.78 is 5.84. The third-order valence-corrected chi connectivity index (χ3v) is 3.73. The van der Waals surface area contributed by atoms with Crippen LogP contribution in [-0.2, 0) is 6.54 Å². The van der Waals surface area contributed by atoms with Crippen LogP contribution in [0.25, 0.3) is 0 Å². The van der Waals surface area contributed by atoms with Gasteiger partial charge in [0.2, 0.25) is 5.91 Å². The van der Waals surface area contributed by atoms with Gasteiger partial charge in [-0.3, -0.25) is 9.59 Å². The van der Waals surface area contributed by atoms with Gasteiger partial charge in [-0.1, -0.05) is 12.1 Å². The molecule has 0 aliphatic rings. The third-order valence-electron chi connectivity index (χ3n) is 3.11. The van der Waals surface area contributed by atoms with E-state index in [1.165, 1.54) is 0 Å². The van der Waals surface area contributed by atoms with Crippen molar-refractivity contribution < 1.29 is 14.3 Å². The Morgan fingerprint density at radius 2 is 1.77 bits per heavy atom. The third kappa shape index (κ3) is 3.85. The maximum atomic E-state index is 12.1. The number of rotatable bonds is 5. The van der Waals surface area contributed by atoms with Gasteiger partial charge in [-0.05, 0) is 51.8 Å². The Bertz CT molecular complexity index is 699. The molecule has 5 nitrogen and oxygen atoms in total. The fraction of sp³-hybridized carbons (Fsp3) is 0.125. The van der Waals surface area contributed by atoms with Crippen molar-refractivity contribution in [2.24, 2.45) is 5.73 Å². The van der Waals surface area contributed by atoms with Crippen LogP contribution in [0.1, 0.15) is 26.3 Å². The van der Waals surface area contributed by atoms with Crippen LogP contribution in [0.4, 0.5) is 0 Å². The molecule has 0 aliphatic heterocycles. The van der Waals surface area contributed by atoms with Crippen molar-refractivity contribution in [3.63, 3.8) is 0 Å². The summed E-state index contributed by atoms with van der Waals surface area (Å²) in [6, 6.07) is 11.9. The van der Waals surface area contributed by atoms with Crippen molar-refractivity contribution in [3.8, 4) is 5.75 Å². The summed E-state index contributed by atoms with van der Waals surface area (Å²) in [7, 11) is 1.57. The lowest BCUT2D eigenvalue weighted by Gasteiger charge is -2.08. The zero-order valence-corrected chi connectivity index (χ0v) is 13.5. The van der Waals surface area contributed by atoms with Crippen molar-refractivity contribution >= 4 is 27.7 Å². The van der Waals surface area contributed by atoms with Crippen LogP contribution in [-0.4, -0.2) is 18.9 Å². The van der Waals surface area contributed by atoms with Crippen molar-refractivity contribution in [3.05, 3.63) is 63.6 Å². The standard InChI is InChI=1S/C16H15BrN2O3/c1-22-14-7-6-12(8-13(14)17)16(21)19-9-10-2-4-11(5-3-10)15(18)20/h2-8H,9H2,1H3,(H2,18,20)(H,19,21). The Morgan fingerprint density at radius 3 is 2.32 bits per heavy atom. The molecule has 0 unspecified atom stereocenters. The molecular weight excluding hydrogens is 348 g/mol. The molecule has 0 saturated carbocycles. The van der Waals surface area contributed by atoms with Gasteiger partial charge in [0.05, 0.1) is 11.6 Å². The van der Waals surface area contributed by atoms with E-state index in [4.69, 9.17) is 10.5 Å². The molecule has 22 heavy (non-hydrogen) atoms. The predicted molar refractivity (Wildman–Crippen MR) is 86.8 cm³/mol. The van der Waals surface area contributed by atoms with Gasteiger partial charge in [-0.25, -0.2) is 0 Å². The molecule has 0 atom stereocenters. The average Bonchev–Trinajstić information content (AvgIpc) is 2.52. The minimum Gasteiger partial charge on any atom is -0.496 e. The molecule has 2 rings (SSSR count). The number of nitrogens with one attached hydrogen (secondary N) is 1. The lowest BCUT2D eigenvalue weighted by molar-refractivity contribution is 0.0949. The predicted octanol–water partition coefficient (Wildman–Crippen LogP) is 2.49. The molecule has 114 valence electrons. The number of amides is 2. The van der Waals surface area contributed by atoms with E-state index in [-0.39, 0.29) is 5.91 Å². The second kappa shape index (κ2) is 7.09. The van der Waals surface area contributed by atoms with E-state index in [9.17, 15) is 9.59 Å². The van der Waals surface area contributed by atoms with Crippen LogP contribution in [0.2, 0.25) is 0 Å². The van der Waals surface area contributed by atoms with Crippen LogP contribution in [0, 0.1) is 0 Å². The monoisotopic (exact) mass is 362 g/mol. The molecule has 0 radical (unpaired) electrons. The highest BCUT2D eigenvalue weighted by atomic mass is 79.9. The quantitative estimate of drug-likeness (QED) is 0.857. The molecule has 0 aliphatic carbocycles. The van der Waals surface area contributed by atoms with E-state index in [1.54, 1.807) is 49.6 Å². The highest BCUT2D eigenvalue weighted by Crippen LogP contribution is 2.25. The zero-order valence-electron chi connectivity index (χ0n) is 11.9. The number of carbonyl (C=O) groups is 2. The normalized spacial score (nSPS) is 10.1. The number of hydrogen-bond acceptors (Lipinski definition) is 3. The molecule has 0 spiro atoms. The van der Waals surface area contributed by atoms with Crippen LogP contribution in [0.5, 0.6) is 5.75 Å². The van der Waals surface area contributed by atoms with Crippen LogP contribution < -0.4 is 15.8 Å². The van der Waals surface area contributed by atoms with E-state index in [2.05, 4.69) is 21.2 Å². The fourth-order valence-electron chi connectivity index (χ4n) is 1.88. The minimum atomic E-state index is -0.473. The van der Waals surface area contributed by atoms with Gasteiger partial charge < -0.3 is 15.8 Å². The first kappa shape index (κ1) is 16.0. The molecular formula is C16H15BrN2O3. The van der Waals surface area contributed by atoms with Crippen molar-refractivity contribution in [1.82, 2.24) is 5.32 Å². The van der Waals surface area contributed by atoms with Crippen LogP contribution in [0.15, 0.2) is 46.9 Å². The second-order valence-corrected chi connectivity index (χ2v) is 5.45. The summed E-state index contributed by atoms with van der Waals surface area (Å²) in [5, 5.41) is 2.81. The Morgan fingerprint density at radius 1 is 1.14 bits per heavy atom. The molecule has 0 saturated heterocycles. The molecule has 6 heteroatoms. The second-order valence-electron chi connectivity index (χ2n) is 4.59. The molecule has 0 heterocycles. The summed E-state index contributed by atoms with van der Waals surface area (Å²) in [6.45, 7) is 0.363. The SMILES string of the molecule is COc1ccc(C(=O)NCc2ccc(C(N)=O)cc2)cc1Br. The van der Waals surface area contributed by atoms with Crippen molar-refractivity contribution in [1.29, 1.82) is 0 Å². The molecule has 0 bridgehead atoms. The first-order valence-corrected chi connectivity index (χ1v) is 7.31. The first-order valence-electron chi connectivity index (χ1n) is 6.51. The van der Waals surface area contributed by atoms with Gasteiger partial charge in [0.25, 0.3) is 5.91 Å². The van der Waals surface area contributed by atoms with Gasteiger partial charge in [0.15, 0.2) is 0 Å². The number of nitrogens with two attached hydrogens (primary N) is 1. The van der Waals surface area contributed by atoms with E-state index in [0.717, 1.165) is 5.56 Å². The topological polar surface area (TPSA) is 81.4 Å². The van der Waals surface area contributed by atoms with E-state index in [0.29, 0.717) is 27.9 Å². The highest BCUT2D eigenvalue weighted by molar-refractivity contribution is 9.10. The number of hydrogen-bond donors (Lipinski definition) is 2. The lowest BCUT2D eigenvalue weighted by atomic mass is 10.1. The summed E-state index contributed by atoms with van der Waals surface area (Å²) in [5.41, 5.74) is 7.03. The largest absolute Gasteiger partial charge is 0.496 e. The molecule has 2 aromatic rings. The maximum absolute atomic E-state index is 12.1. The number of ether oxygens (including phenoxy) is 1. The Balaban J connectivity index is 2.00. The van der Waals surface area contributed by atoms with Crippen molar-refractivity contribution in [2.45, 2.75) is 6.54 Å². The minimum absolute atomic E-state index is 0.192. The summed E-state index contributed by atoms with van der Waals surface area (Å²) in [4.78, 5) is 23.1. The molecule has 0 aromatic heterocycles. The maximum Gasteiger partial charge on any atom is 0.251 e. The fourth-order valence-corrected chi connectivity index (χ4v) is 2.42. The lowest BCUT2D eigenvalue weighted by Crippen LogP contribution is -2.22. The molecule has 3 N–H and O–H groups in total. The number of halogens is 1. The van der Waals surface area contributed by atoms with Gasteiger partial charge in [-0.15, -0.1) is 0 Å².